The molecule has 0 radical (unpaired) electrons. The summed E-state index contributed by atoms with van der Waals surface area (Å²) < 4.78 is 0. The van der Waals surface area contributed by atoms with Gasteiger partial charge in [0.15, 0.2) is 0 Å². The Morgan fingerprint density at radius 1 is 1.05 bits per heavy atom. The van der Waals surface area contributed by atoms with Crippen LogP contribution >= 0.6 is 11.8 Å². The monoisotopic (exact) mass is 319 g/mol. The maximum absolute atomic E-state index is 11.0. The average Bonchev–Trinajstić information content (AvgIpc) is 2.53. The second kappa shape index (κ2) is 6.90. The van der Waals surface area contributed by atoms with Crippen LogP contribution in [0, 0.1) is 20.2 Å². The Labute approximate surface area is 130 Å². The van der Waals surface area contributed by atoms with Crippen LogP contribution < -0.4 is 5.32 Å². The largest absolute Gasteiger partial charge is 0.375 e. The number of anilines is 1. The van der Waals surface area contributed by atoms with E-state index in [1.165, 1.54) is 12.1 Å². The minimum absolute atomic E-state index is 0.254. The van der Waals surface area contributed by atoms with Crippen LogP contribution in [0.2, 0.25) is 0 Å². The maximum atomic E-state index is 11.0. The molecule has 0 aromatic heterocycles. The fourth-order valence-corrected chi connectivity index (χ4v) is 2.28. The van der Waals surface area contributed by atoms with E-state index in [0.29, 0.717) is 6.54 Å². The van der Waals surface area contributed by atoms with Gasteiger partial charge in [0.05, 0.1) is 15.9 Å². The lowest BCUT2D eigenvalue weighted by molar-refractivity contribution is -0.393. The third-order valence-electron chi connectivity index (χ3n) is 3.03. The fraction of sp³-hybridized carbons (Fsp3) is 0.143. The summed E-state index contributed by atoms with van der Waals surface area (Å²) in [4.78, 5) is 21.6. The standard InChI is InChI=1S/C14H13N3O4S/c1-22-12-5-2-10(3-6-12)9-15-13-7-4-11(16(18)19)8-14(13)17(20)21/h2-8,15H,9H2,1H3. The zero-order valence-electron chi connectivity index (χ0n) is 11.7. The Balaban J connectivity index is 2.17. The molecule has 0 aliphatic rings. The van der Waals surface area contributed by atoms with E-state index in [-0.39, 0.29) is 17.1 Å². The Morgan fingerprint density at radius 3 is 2.27 bits per heavy atom. The second-order valence-electron chi connectivity index (χ2n) is 4.42. The van der Waals surface area contributed by atoms with Crippen molar-refractivity contribution in [3.63, 3.8) is 0 Å². The van der Waals surface area contributed by atoms with E-state index in [4.69, 9.17) is 0 Å². The highest BCUT2D eigenvalue weighted by molar-refractivity contribution is 7.98. The van der Waals surface area contributed by atoms with Gasteiger partial charge in [0.25, 0.3) is 11.4 Å². The number of nitro benzene ring substituents is 2. The molecule has 0 bridgehead atoms. The third kappa shape index (κ3) is 3.73. The summed E-state index contributed by atoms with van der Waals surface area (Å²) in [6.07, 6.45) is 1.98. The van der Waals surface area contributed by atoms with Gasteiger partial charge in [-0.2, -0.15) is 0 Å². The SMILES string of the molecule is CSc1ccc(CNc2ccc([N+](=O)[O-])cc2[N+](=O)[O-])cc1. The van der Waals surface area contributed by atoms with E-state index < -0.39 is 9.85 Å². The molecule has 22 heavy (non-hydrogen) atoms. The molecule has 2 rings (SSSR count). The summed E-state index contributed by atoms with van der Waals surface area (Å²) in [5.74, 6) is 0. The van der Waals surface area contributed by atoms with Crippen molar-refractivity contribution in [1.29, 1.82) is 0 Å². The van der Waals surface area contributed by atoms with Crippen LogP contribution in [0.15, 0.2) is 47.4 Å². The first-order valence-corrected chi connectivity index (χ1v) is 7.53. The minimum atomic E-state index is -0.655. The van der Waals surface area contributed by atoms with E-state index in [1.54, 1.807) is 11.8 Å². The molecule has 0 aliphatic carbocycles. The van der Waals surface area contributed by atoms with Crippen molar-refractivity contribution < 1.29 is 9.85 Å². The number of benzene rings is 2. The number of thioether (sulfide) groups is 1. The molecule has 8 heteroatoms. The van der Waals surface area contributed by atoms with Crippen LogP contribution in [0.5, 0.6) is 0 Å². The lowest BCUT2D eigenvalue weighted by Gasteiger charge is -2.07. The van der Waals surface area contributed by atoms with E-state index in [0.717, 1.165) is 16.5 Å². The van der Waals surface area contributed by atoms with Crippen LogP contribution in [-0.4, -0.2) is 16.1 Å². The summed E-state index contributed by atoms with van der Waals surface area (Å²) in [5.41, 5.74) is 0.603. The Kier molecular flexibility index (Phi) is 4.95. The first-order valence-electron chi connectivity index (χ1n) is 6.31. The van der Waals surface area contributed by atoms with Gasteiger partial charge >= 0.3 is 0 Å². The van der Waals surface area contributed by atoms with Gasteiger partial charge in [-0.15, -0.1) is 11.8 Å². The number of rotatable bonds is 6. The Bertz CT molecular complexity index is 704. The van der Waals surface area contributed by atoms with Gasteiger partial charge in [-0.1, -0.05) is 12.1 Å². The molecule has 0 spiro atoms. The molecule has 2 aromatic carbocycles. The quantitative estimate of drug-likeness (QED) is 0.493. The molecule has 7 nitrogen and oxygen atoms in total. The van der Waals surface area contributed by atoms with Crippen molar-refractivity contribution >= 4 is 28.8 Å². The molecule has 0 amide bonds. The number of hydrogen-bond acceptors (Lipinski definition) is 6. The molecule has 0 atom stereocenters. The second-order valence-corrected chi connectivity index (χ2v) is 5.30. The predicted molar refractivity (Wildman–Crippen MR) is 85.3 cm³/mol. The van der Waals surface area contributed by atoms with Crippen LogP contribution in [0.4, 0.5) is 17.1 Å². The summed E-state index contributed by atoms with van der Waals surface area (Å²) in [7, 11) is 0. The number of nitrogens with zero attached hydrogens (tertiary/aromatic N) is 2. The van der Waals surface area contributed by atoms with Gasteiger partial charge in [0.1, 0.15) is 5.69 Å². The summed E-state index contributed by atoms with van der Waals surface area (Å²) >= 11 is 1.63. The van der Waals surface area contributed by atoms with Crippen LogP contribution in [0.1, 0.15) is 5.56 Å². The molecule has 1 N–H and O–H groups in total. The van der Waals surface area contributed by atoms with Crippen molar-refractivity contribution in [3.8, 4) is 0 Å². The molecule has 114 valence electrons. The van der Waals surface area contributed by atoms with Crippen LogP contribution in [0.3, 0.4) is 0 Å². The molecule has 0 saturated carbocycles. The highest BCUT2D eigenvalue weighted by Crippen LogP contribution is 2.29. The van der Waals surface area contributed by atoms with Gasteiger partial charge in [0, 0.05) is 17.5 Å². The Hall–Kier alpha value is -2.61. The van der Waals surface area contributed by atoms with Crippen molar-refractivity contribution in [1.82, 2.24) is 0 Å². The van der Waals surface area contributed by atoms with Crippen molar-refractivity contribution in [2.24, 2.45) is 0 Å². The maximum Gasteiger partial charge on any atom is 0.299 e. The van der Waals surface area contributed by atoms with E-state index in [1.807, 2.05) is 30.5 Å². The topological polar surface area (TPSA) is 98.3 Å². The first kappa shape index (κ1) is 15.8. The lowest BCUT2D eigenvalue weighted by Crippen LogP contribution is -2.03. The molecular formula is C14H13N3O4S. The van der Waals surface area contributed by atoms with Gasteiger partial charge < -0.3 is 5.32 Å². The van der Waals surface area contributed by atoms with Crippen LogP contribution in [0.25, 0.3) is 0 Å². The number of nitro groups is 2. The van der Waals surface area contributed by atoms with Crippen molar-refractivity contribution in [3.05, 3.63) is 68.3 Å². The number of nitrogens with one attached hydrogen (secondary N) is 1. The first-order chi connectivity index (χ1) is 10.5. The molecule has 2 aromatic rings. The van der Waals surface area contributed by atoms with Gasteiger partial charge in [-0.3, -0.25) is 20.2 Å². The molecule has 0 heterocycles. The van der Waals surface area contributed by atoms with Crippen LogP contribution in [-0.2, 0) is 6.54 Å². The fourth-order valence-electron chi connectivity index (χ4n) is 1.87. The molecule has 0 aliphatic heterocycles. The van der Waals surface area contributed by atoms with E-state index >= 15 is 0 Å². The van der Waals surface area contributed by atoms with Crippen molar-refractivity contribution in [2.45, 2.75) is 11.4 Å². The third-order valence-corrected chi connectivity index (χ3v) is 3.77. The normalized spacial score (nSPS) is 10.2. The predicted octanol–water partition coefficient (Wildman–Crippen LogP) is 3.84. The van der Waals surface area contributed by atoms with Gasteiger partial charge in [-0.05, 0) is 30.0 Å². The lowest BCUT2D eigenvalue weighted by atomic mass is 10.2. The minimum Gasteiger partial charge on any atom is -0.375 e. The van der Waals surface area contributed by atoms with E-state index in [9.17, 15) is 20.2 Å². The molecule has 0 fully saturated rings. The Morgan fingerprint density at radius 2 is 1.73 bits per heavy atom. The summed E-state index contributed by atoms with van der Waals surface area (Å²) in [5, 5.41) is 24.7. The summed E-state index contributed by atoms with van der Waals surface area (Å²) in [6.45, 7) is 0.396. The van der Waals surface area contributed by atoms with Gasteiger partial charge in [-0.25, -0.2) is 0 Å². The number of non-ortho nitro benzene ring substituents is 1. The summed E-state index contributed by atoms with van der Waals surface area (Å²) in [6, 6.07) is 11.3. The number of hydrogen-bond donors (Lipinski definition) is 1. The molecule has 0 unspecified atom stereocenters. The van der Waals surface area contributed by atoms with Crippen molar-refractivity contribution in [2.75, 3.05) is 11.6 Å². The zero-order valence-corrected chi connectivity index (χ0v) is 12.5. The zero-order chi connectivity index (χ0) is 16.1. The van der Waals surface area contributed by atoms with Gasteiger partial charge in [0.2, 0.25) is 0 Å². The highest BCUT2D eigenvalue weighted by atomic mass is 32.2. The van der Waals surface area contributed by atoms with E-state index in [2.05, 4.69) is 5.32 Å². The highest BCUT2D eigenvalue weighted by Gasteiger charge is 2.19. The molecular weight excluding hydrogens is 306 g/mol. The average molecular weight is 319 g/mol. The molecule has 0 saturated heterocycles. The smallest absolute Gasteiger partial charge is 0.299 e.